The van der Waals surface area contributed by atoms with E-state index in [1.807, 2.05) is 4.90 Å². The van der Waals surface area contributed by atoms with E-state index in [2.05, 4.69) is 9.97 Å². The first-order chi connectivity index (χ1) is 11.6. The number of carbonyl (C=O) groups excluding carboxylic acids is 2. The smallest absolute Gasteiger partial charge is 0.255 e. The van der Waals surface area contributed by atoms with Gasteiger partial charge in [0.15, 0.2) is 0 Å². The SMILES string of the molecule is NC(=O)CN1CCCN(C(=O)c2ccc(-n3ccnc3)nc2)CC1. The van der Waals surface area contributed by atoms with Crippen molar-refractivity contribution in [2.24, 2.45) is 5.73 Å². The first kappa shape index (κ1) is 16.1. The molecule has 0 atom stereocenters. The number of primary amides is 1. The molecule has 0 radical (unpaired) electrons. The molecule has 2 aromatic heterocycles. The third-order valence-corrected chi connectivity index (χ3v) is 4.02. The van der Waals surface area contributed by atoms with E-state index in [9.17, 15) is 9.59 Å². The highest BCUT2D eigenvalue weighted by Crippen LogP contribution is 2.11. The Bertz CT molecular complexity index is 698. The number of amides is 2. The lowest BCUT2D eigenvalue weighted by Crippen LogP contribution is -2.38. The standard InChI is InChI=1S/C16H20N6O2/c17-14(23)11-20-5-1-6-21(9-8-20)16(24)13-2-3-15(19-10-13)22-7-4-18-12-22/h2-4,7,10,12H,1,5-6,8-9,11H2,(H2,17,23). The van der Waals surface area contributed by atoms with Gasteiger partial charge in [-0.2, -0.15) is 0 Å². The Balaban J connectivity index is 1.64. The highest BCUT2D eigenvalue weighted by molar-refractivity contribution is 5.94. The van der Waals surface area contributed by atoms with Crippen LogP contribution in [0.15, 0.2) is 37.1 Å². The van der Waals surface area contributed by atoms with Crippen molar-refractivity contribution in [1.29, 1.82) is 0 Å². The fourth-order valence-corrected chi connectivity index (χ4v) is 2.80. The lowest BCUT2D eigenvalue weighted by atomic mass is 10.2. The summed E-state index contributed by atoms with van der Waals surface area (Å²) in [5, 5.41) is 0. The van der Waals surface area contributed by atoms with Crippen molar-refractivity contribution in [1.82, 2.24) is 24.3 Å². The average Bonchev–Trinajstić information content (AvgIpc) is 3.02. The number of rotatable bonds is 4. The Labute approximate surface area is 139 Å². The summed E-state index contributed by atoms with van der Waals surface area (Å²) in [7, 11) is 0. The number of hydrogen-bond donors (Lipinski definition) is 1. The highest BCUT2D eigenvalue weighted by atomic mass is 16.2. The monoisotopic (exact) mass is 328 g/mol. The van der Waals surface area contributed by atoms with Gasteiger partial charge in [0.1, 0.15) is 12.1 Å². The number of imidazole rings is 1. The van der Waals surface area contributed by atoms with Gasteiger partial charge in [0.25, 0.3) is 5.91 Å². The predicted octanol–water partition coefficient (Wildman–Crippen LogP) is -0.0995. The maximum absolute atomic E-state index is 12.6. The van der Waals surface area contributed by atoms with E-state index in [0.717, 1.165) is 13.0 Å². The fraction of sp³-hybridized carbons (Fsp3) is 0.375. The molecule has 0 bridgehead atoms. The summed E-state index contributed by atoms with van der Waals surface area (Å²) in [5.74, 6) is 0.335. The second-order valence-electron chi connectivity index (χ2n) is 5.76. The van der Waals surface area contributed by atoms with Crippen LogP contribution in [0.5, 0.6) is 0 Å². The van der Waals surface area contributed by atoms with Crippen LogP contribution < -0.4 is 5.73 Å². The van der Waals surface area contributed by atoms with E-state index in [1.54, 1.807) is 46.5 Å². The van der Waals surface area contributed by atoms with Crippen LogP contribution in [0.4, 0.5) is 0 Å². The van der Waals surface area contributed by atoms with Crippen LogP contribution in [0.2, 0.25) is 0 Å². The minimum absolute atomic E-state index is 0.0411. The molecule has 2 amide bonds. The minimum atomic E-state index is -0.339. The minimum Gasteiger partial charge on any atom is -0.369 e. The second-order valence-corrected chi connectivity index (χ2v) is 5.76. The Morgan fingerprint density at radius 3 is 2.71 bits per heavy atom. The van der Waals surface area contributed by atoms with E-state index < -0.39 is 0 Å². The summed E-state index contributed by atoms with van der Waals surface area (Å²) < 4.78 is 1.78. The second kappa shape index (κ2) is 7.22. The molecule has 3 rings (SSSR count). The molecule has 126 valence electrons. The van der Waals surface area contributed by atoms with Crippen molar-refractivity contribution >= 4 is 11.8 Å². The summed E-state index contributed by atoms with van der Waals surface area (Å²) in [4.78, 5) is 35.7. The van der Waals surface area contributed by atoms with Crippen LogP contribution in [0.3, 0.4) is 0 Å². The van der Waals surface area contributed by atoms with E-state index in [1.165, 1.54) is 0 Å². The number of hydrogen-bond acceptors (Lipinski definition) is 5. The summed E-state index contributed by atoms with van der Waals surface area (Å²) in [6.07, 6.45) is 7.54. The Kier molecular flexibility index (Phi) is 4.85. The Morgan fingerprint density at radius 1 is 1.17 bits per heavy atom. The zero-order valence-electron chi connectivity index (χ0n) is 13.3. The molecule has 0 spiro atoms. The molecule has 0 aliphatic carbocycles. The molecular weight excluding hydrogens is 308 g/mol. The maximum atomic E-state index is 12.6. The van der Waals surface area contributed by atoms with E-state index in [4.69, 9.17) is 5.73 Å². The topological polar surface area (TPSA) is 97.4 Å². The molecule has 24 heavy (non-hydrogen) atoms. The van der Waals surface area contributed by atoms with Crippen molar-refractivity contribution in [3.63, 3.8) is 0 Å². The zero-order chi connectivity index (χ0) is 16.9. The first-order valence-electron chi connectivity index (χ1n) is 7.88. The number of nitrogens with two attached hydrogens (primary N) is 1. The van der Waals surface area contributed by atoms with E-state index in [0.29, 0.717) is 31.0 Å². The molecule has 1 saturated heterocycles. The van der Waals surface area contributed by atoms with Gasteiger partial charge in [-0.3, -0.25) is 19.1 Å². The maximum Gasteiger partial charge on any atom is 0.255 e. The Morgan fingerprint density at radius 2 is 2.04 bits per heavy atom. The van der Waals surface area contributed by atoms with Crippen molar-refractivity contribution in [2.45, 2.75) is 6.42 Å². The van der Waals surface area contributed by atoms with Gasteiger partial charge in [0.05, 0.1) is 12.1 Å². The van der Waals surface area contributed by atoms with Gasteiger partial charge in [0.2, 0.25) is 5.91 Å². The van der Waals surface area contributed by atoms with Gasteiger partial charge < -0.3 is 10.6 Å². The molecule has 1 aliphatic heterocycles. The normalized spacial score (nSPS) is 15.9. The van der Waals surface area contributed by atoms with Gasteiger partial charge in [-0.1, -0.05) is 0 Å². The first-order valence-corrected chi connectivity index (χ1v) is 7.88. The summed E-state index contributed by atoms with van der Waals surface area (Å²) in [6, 6.07) is 3.57. The van der Waals surface area contributed by atoms with Crippen molar-refractivity contribution in [3.05, 3.63) is 42.6 Å². The van der Waals surface area contributed by atoms with Gasteiger partial charge in [-0.05, 0) is 18.6 Å². The number of pyridine rings is 1. The largest absolute Gasteiger partial charge is 0.369 e. The average molecular weight is 328 g/mol. The Hall–Kier alpha value is -2.74. The van der Waals surface area contributed by atoms with Crippen molar-refractivity contribution < 1.29 is 9.59 Å². The van der Waals surface area contributed by atoms with E-state index in [-0.39, 0.29) is 18.4 Å². The van der Waals surface area contributed by atoms with Crippen molar-refractivity contribution in [2.75, 3.05) is 32.7 Å². The molecular formula is C16H20N6O2. The molecule has 1 aliphatic rings. The molecule has 8 heteroatoms. The van der Waals surface area contributed by atoms with E-state index >= 15 is 0 Å². The lowest BCUT2D eigenvalue weighted by molar-refractivity contribution is -0.119. The summed E-state index contributed by atoms with van der Waals surface area (Å²) in [5.41, 5.74) is 5.80. The predicted molar refractivity (Wildman–Crippen MR) is 87.5 cm³/mol. The third kappa shape index (κ3) is 3.77. The molecule has 0 aromatic carbocycles. The molecule has 2 aromatic rings. The van der Waals surface area contributed by atoms with Crippen LogP contribution in [-0.4, -0.2) is 68.9 Å². The lowest BCUT2D eigenvalue weighted by Gasteiger charge is -2.21. The van der Waals surface area contributed by atoms with Crippen LogP contribution in [0, 0.1) is 0 Å². The van der Waals surface area contributed by atoms with Gasteiger partial charge in [-0.15, -0.1) is 0 Å². The van der Waals surface area contributed by atoms with Gasteiger partial charge in [-0.25, -0.2) is 9.97 Å². The number of carbonyl (C=O) groups is 2. The molecule has 1 fully saturated rings. The number of nitrogens with zero attached hydrogens (tertiary/aromatic N) is 5. The van der Waals surface area contributed by atoms with Gasteiger partial charge >= 0.3 is 0 Å². The molecule has 0 unspecified atom stereocenters. The quantitative estimate of drug-likeness (QED) is 0.845. The molecule has 8 nitrogen and oxygen atoms in total. The van der Waals surface area contributed by atoms with Crippen LogP contribution in [0.25, 0.3) is 5.82 Å². The van der Waals surface area contributed by atoms with Crippen LogP contribution in [0.1, 0.15) is 16.8 Å². The number of aromatic nitrogens is 3. The third-order valence-electron chi connectivity index (χ3n) is 4.02. The van der Waals surface area contributed by atoms with Gasteiger partial charge in [0, 0.05) is 44.8 Å². The zero-order valence-corrected chi connectivity index (χ0v) is 13.3. The van der Waals surface area contributed by atoms with Crippen LogP contribution >= 0.6 is 0 Å². The summed E-state index contributed by atoms with van der Waals surface area (Å²) >= 11 is 0. The van der Waals surface area contributed by atoms with Crippen molar-refractivity contribution in [3.8, 4) is 5.82 Å². The molecule has 0 saturated carbocycles. The highest BCUT2D eigenvalue weighted by Gasteiger charge is 2.21. The summed E-state index contributed by atoms with van der Waals surface area (Å²) in [6.45, 7) is 2.90. The fourth-order valence-electron chi connectivity index (χ4n) is 2.80. The molecule has 3 heterocycles. The molecule has 2 N–H and O–H groups in total. The van der Waals surface area contributed by atoms with Crippen LogP contribution in [-0.2, 0) is 4.79 Å².